The fourth-order valence-electron chi connectivity index (χ4n) is 2.17. The minimum atomic E-state index is -0.244. The van der Waals surface area contributed by atoms with Crippen LogP contribution in [0.4, 0.5) is 5.69 Å². The van der Waals surface area contributed by atoms with E-state index < -0.39 is 0 Å². The van der Waals surface area contributed by atoms with Crippen LogP contribution < -0.4 is 14.8 Å². The highest BCUT2D eigenvalue weighted by Gasteiger charge is 2.10. The number of amides is 1. The quantitative estimate of drug-likeness (QED) is 0.767. The van der Waals surface area contributed by atoms with Crippen LogP contribution in [0.3, 0.4) is 0 Å². The predicted octanol–water partition coefficient (Wildman–Crippen LogP) is 4.13. The van der Waals surface area contributed by atoms with Crippen molar-refractivity contribution < 1.29 is 14.3 Å². The minimum absolute atomic E-state index is 0.244. The summed E-state index contributed by atoms with van der Waals surface area (Å²) < 4.78 is 10.9. The topological polar surface area (TPSA) is 60.5 Å². The van der Waals surface area contributed by atoms with Crippen molar-refractivity contribution in [2.24, 2.45) is 0 Å². The lowest BCUT2D eigenvalue weighted by Crippen LogP contribution is -2.12. The third-order valence-corrected chi connectivity index (χ3v) is 3.31. The standard InChI is InChI=1S/C19H16N2O3/c1-23-17-10-3-2-9-16(17)21-19(22)14-7-6-8-15(13-14)24-18-11-4-5-12-20-18/h2-13H,1H3,(H,21,22). The van der Waals surface area contributed by atoms with E-state index in [0.717, 1.165) is 0 Å². The zero-order chi connectivity index (χ0) is 16.8. The van der Waals surface area contributed by atoms with E-state index >= 15 is 0 Å². The smallest absolute Gasteiger partial charge is 0.255 e. The Kier molecular flexibility index (Phi) is 4.72. The molecule has 0 radical (unpaired) electrons. The predicted molar refractivity (Wildman–Crippen MR) is 91.7 cm³/mol. The maximum Gasteiger partial charge on any atom is 0.255 e. The molecule has 0 bridgehead atoms. The van der Waals surface area contributed by atoms with Gasteiger partial charge in [-0.05, 0) is 36.4 Å². The van der Waals surface area contributed by atoms with E-state index in [1.165, 1.54) is 0 Å². The van der Waals surface area contributed by atoms with E-state index in [9.17, 15) is 4.79 Å². The third-order valence-electron chi connectivity index (χ3n) is 3.31. The first kappa shape index (κ1) is 15.6. The molecule has 3 rings (SSSR count). The SMILES string of the molecule is COc1ccccc1NC(=O)c1cccc(Oc2ccccn2)c1. The summed E-state index contributed by atoms with van der Waals surface area (Å²) in [5.41, 5.74) is 1.09. The van der Waals surface area contributed by atoms with Gasteiger partial charge in [0.2, 0.25) is 5.88 Å². The molecule has 1 N–H and O–H groups in total. The van der Waals surface area contributed by atoms with Crippen LogP contribution in [0.1, 0.15) is 10.4 Å². The van der Waals surface area contributed by atoms with Gasteiger partial charge in [-0.3, -0.25) is 4.79 Å². The molecule has 1 amide bonds. The van der Waals surface area contributed by atoms with Gasteiger partial charge < -0.3 is 14.8 Å². The molecular weight excluding hydrogens is 304 g/mol. The van der Waals surface area contributed by atoms with Gasteiger partial charge >= 0.3 is 0 Å². The number of nitrogens with zero attached hydrogens (tertiary/aromatic N) is 1. The lowest BCUT2D eigenvalue weighted by molar-refractivity contribution is 0.102. The Morgan fingerprint density at radius 3 is 2.62 bits per heavy atom. The van der Waals surface area contributed by atoms with Crippen LogP contribution in [-0.4, -0.2) is 18.0 Å². The molecular formula is C19H16N2O3. The number of ether oxygens (including phenoxy) is 2. The van der Waals surface area contributed by atoms with Gasteiger partial charge in [0.1, 0.15) is 11.5 Å². The highest BCUT2D eigenvalue weighted by Crippen LogP contribution is 2.25. The van der Waals surface area contributed by atoms with Crippen molar-refractivity contribution in [3.05, 3.63) is 78.5 Å². The van der Waals surface area contributed by atoms with Gasteiger partial charge in [0.15, 0.2) is 0 Å². The molecule has 0 saturated heterocycles. The summed E-state index contributed by atoms with van der Waals surface area (Å²) in [7, 11) is 1.56. The van der Waals surface area contributed by atoms with E-state index in [0.29, 0.717) is 28.6 Å². The molecule has 5 heteroatoms. The van der Waals surface area contributed by atoms with E-state index in [2.05, 4.69) is 10.3 Å². The minimum Gasteiger partial charge on any atom is -0.495 e. The lowest BCUT2D eigenvalue weighted by atomic mass is 10.2. The lowest BCUT2D eigenvalue weighted by Gasteiger charge is -2.10. The number of anilines is 1. The van der Waals surface area contributed by atoms with Crippen LogP contribution in [0.5, 0.6) is 17.4 Å². The van der Waals surface area contributed by atoms with E-state index in [4.69, 9.17) is 9.47 Å². The van der Waals surface area contributed by atoms with Gasteiger partial charge in [0, 0.05) is 17.8 Å². The maximum atomic E-state index is 12.4. The number of benzene rings is 2. The summed E-state index contributed by atoms with van der Waals surface area (Å²) in [6.45, 7) is 0. The number of aromatic nitrogens is 1. The van der Waals surface area contributed by atoms with Gasteiger partial charge in [-0.2, -0.15) is 0 Å². The Hall–Kier alpha value is -3.34. The third kappa shape index (κ3) is 3.70. The van der Waals surface area contributed by atoms with Crippen LogP contribution in [0, 0.1) is 0 Å². The molecule has 0 unspecified atom stereocenters. The van der Waals surface area contributed by atoms with E-state index in [-0.39, 0.29) is 5.91 Å². The normalized spacial score (nSPS) is 10.0. The average molecular weight is 320 g/mol. The second-order valence-corrected chi connectivity index (χ2v) is 4.95. The molecule has 3 aromatic rings. The molecule has 0 fully saturated rings. The highest BCUT2D eigenvalue weighted by atomic mass is 16.5. The van der Waals surface area contributed by atoms with Crippen LogP contribution >= 0.6 is 0 Å². The van der Waals surface area contributed by atoms with Gasteiger partial charge in [-0.1, -0.05) is 24.3 Å². The van der Waals surface area contributed by atoms with Crippen molar-refractivity contribution in [2.75, 3.05) is 12.4 Å². The number of rotatable bonds is 5. The average Bonchev–Trinajstić information content (AvgIpc) is 2.63. The molecule has 1 aromatic heterocycles. The Labute approximate surface area is 139 Å². The van der Waals surface area contributed by atoms with Gasteiger partial charge in [-0.25, -0.2) is 4.98 Å². The first-order valence-electron chi connectivity index (χ1n) is 7.39. The molecule has 120 valence electrons. The molecule has 5 nitrogen and oxygen atoms in total. The summed E-state index contributed by atoms with van der Waals surface area (Å²) in [5.74, 6) is 1.37. The van der Waals surface area contributed by atoms with Crippen molar-refractivity contribution in [3.8, 4) is 17.4 Å². The fourth-order valence-corrected chi connectivity index (χ4v) is 2.17. The molecule has 0 atom stereocenters. The van der Waals surface area contributed by atoms with Crippen LogP contribution in [-0.2, 0) is 0 Å². The zero-order valence-corrected chi connectivity index (χ0v) is 13.1. The van der Waals surface area contributed by atoms with E-state index in [1.807, 2.05) is 24.3 Å². The van der Waals surface area contributed by atoms with E-state index in [1.54, 1.807) is 55.8 Å². The van der Waals surface area contributed by atoms with Crippen molar-refractivity contribution >= 4 is 11.6 Å². The van der Waals surface area contributed by atoms with Crippen molar-refractivity contribution in [1.82, 2.24) is 4.98 Å². The number of hydrogen-bond acceptors (Lipinski definition) is 4. The second kappa shape index (κ2) is 7.28. The Bertz CT molecular complexity index is 835. The summed E-state index contributed by atoms with van der Waals surface area (Å²) in [5, 5.41) is 2.83. The largest absolute Gasteiger partial charge is 0.495 e. The van der Waals surface area contributed by atoms with Crippen molar-refractivity contribution in [3.63, 3.8) is 0 Å². The molecule has 0 saturated carbocycles. The molecule has 24 heavy (non-hydrogen) atoms. The number of pyridine rings is 1. The second-order valence-electron chi connectivity index (χ2n) is 4.95. The van der Waals surface area contributed by atoms with Crippen molar-refractivity contribution in [2.45, 2.75) is 0 Å². The molecule has 2 aromatic carbocycles. The Morgan fingerprint density at radius 2 is 1.83 bits per heavy atom. The number of carbonyl (C=O) groups excluding carboxylic acids is 1. The number of carbonyl (C=O) groups is 1. The van der Waals surface area contributed by atoms with Crippen LogP contribution in [0.25, 0.3) is 0 Å². The van der Waals surface area contributed by atoms with Gasteiger partial charge in [0.05, 0.1) is 12.8 Å². The molecule has 0 spiro atoms. The molecule has 0 aliphatic rings. The summed E-state index contributed by atoms with van der Waals surface area (Å²) in [4.78, 5) is 16.5. The monoisotopic (exact) mass is 320 g/mol. The van der Waals surface area contributed by atoms with Crippen LogP contribution in [0.15, 0.2) is 72.9 Å². The van der Waals surface area contributed by atoms with Crippen LogP contribution in [0.2, 0.25) is 0 Å². The number of nitrogens with one attached hydrogen (secondary N) is 1. The summed E-state index contributed by atoms with van der Waals surface area (Å²) in [6, 6.07) is 19.6. The molecule has 0 aliphatic heterocycles. The maximum absolute atomic E-state index is 12.4. The summed E-state index contributed by atoms with van der Waals surface area (Å²) in [6.07, 6.45) is 1.65. The van der Waals surface area contributed by atoms with Crippen molar-refractivity contribution in [1.29, 1.82) is 0 Å². The highest BCUT2D eigenvalue weighted by molar-refractivity contribution is 6.05. The fraction of sp³-hybridized carbons (Fsp3) is 0.0526. The zero-order valence-electron chi connectivity index (χ0n) is 13.1. The van der Waals surface area contributed by atoms with Gasteiger partial charge in [-0.15, -0.1) is 0 Å². The molecule has 1 heterocycles. The Balaban J connectivity index is 1.77. The first-order chi connectivity index (χ1) is 11.8. The van der Waals surface area contributed by atoms with Gasteiger partial charge in [0.25, 0.3) is 5.91 Å². The number of hydrogen-bond donors (Lipinski definition) is 1. The summed E-state index contributed by atoms with van der Waals surface area (Å²) >= 11 is 0. The number of para-hydroxylation sites is 2. The Morgan fingerprint density at radius 1 is 1.00 bits per heavy atom. The molecule has 0 aliphatic carbocycles. The number of methoxy groups -OCH3 is 1. The first-order valence-corrected chi connectivity index (χ1v) is 7.39.